The van der Waals surface area contributed by atoms with Crippen LogP contribution in [0.4, 0.5) is 0 Å². The third kappa shape index (κ3) is 19.2. The van der Waals surface area contributed by atoms with Gasteiger partial charge in [0.15, 0.2) is 0 Å². The molecule has 0 saturated heterocycles. The fraction of sp³-hybridized carbons (Fsp3) is 0.783. The predicted octanol–water partition coefficient (Wildman–Crippen LogP) is 8.05. The molecule has 0 amide bonds. The van der Waals surface area contributed by atoms with Gasteiger partial charge in [-0.1, -0.05) is 96.4 Å². The summed E-state index contributed by atoms with van der Waals surface area (Å²) >= 11 is 0. The van der Waals surface area contributed by atoms with Crippen molar-refractivity contribution in [3.8, 4) is 0 Å². The first-order chi connectivity index (χ1) is 11.1. The van der Waals surface area contributed by atoms with E-state index in [0.717, 1.165) is 5.92 Å². The second kappa shape index (κ2) is 18.5. The van der Waals surface area contributed by atoms with E-state index in [0.29, 0.717) is 0 Å². The second-order valence-corrected chi connectivity index (χ2v) is 7.14. The maximum atomic E-state index is 9.44. The molecule has 0 aliphatic heterocycles. The molecule has 24 heavy (non-hydrogen) atoms. The third-order valence-corrected chi connectivity index (χ3v) is 4.32. The number of carbonyl (C=O) groups excluding carboxylic acids is 1. The molecule has 142 valence electrons. The van der Waals surface area contributed by atoms with Gasteiger partial charge >= 0.3 is 0 Å². The van der Waals surface area contributed by atoms with Gasteiger partial charge in [-0.3, -0.25) is 0 Å². The van der Waals surface area contributed by atoms with E-state index in [9.17, 15) is 4.79 Å². The monoisotopic (exact) mass is 336 g/mol. The highest BCUT2D eigenvalue weighted by molar-refractivity contribution is 5.72. The lowest BCUT2D eigenvalue weighted by atomic mass is 9.98. The van der Waals surface area contributed by atoms with Gasteiger partial charge in [-0.2, -0.15) is 0 Å². The summed E-state index contributed by atoms with van der Waals surface area (Å²) in [4.78, 5) is 9.44. The first kappa shape index (κ1) is 25.4. The summed E-state index contributed by atoms with van der Waals surface area (Å²) in [6.07, 6.45) is 24.1. The molecule has 2 rings (SSSR count). The molecule has 2 aliphatic rings. The molecule has 0 spiro atoms. The summed E-state index contributed by atoms with van der Waals surface area (Å²) in [7, 11) is 0. The van der Waals surface area contributed by atoms with Gasteiger partial charge < -0.3 is 4.79 Å². The Balaban J connectivity index is 0. The van der Waals surface area contributed by atoms with Crippen LogP contribution < -0.4 is 0 Å². The molecular weight excluding hydrogens is 292 g/mol. The van der Waals surface area contributed by atoms with Crippen LogP contribution in [0.5, 0.6) is 0 Å². The molecule has 2 aliphatic carbocycles. The van der Waals surface area contributed by atoms with E-state index in [1.54, 1.807) is 0 Å². The zero-order valence-corrected chi connectivity index (χ0v) is 16.2. The van der Waals surface area contributed by atoms with Gasteiger partial charge in [0.25, 0.3) is 0 Å². The van der Waals surface area contributed by atoms with Crippen LogP contribution in [0.3, 0.4) is 0 Å². The molecule has 0 aromatic carbocycles. The highest BCUT2D eigenvalue weighted by atomic mass is 16.1. The molecule has 1 fully saturated rings. The Morgan fingerprint density at radius 3 is 1.88 bits per heavy atom. The minimum Gasteiger partial charge on any atom is -0.300 e. The van der Waals surface area contributed by atoms with Gasteiger partial charge in [0.2, 0.25) is 0 Å². The van der Waals surface area contributed by atoms with Crippen molar-refractivity contribution in [2.24, 2.45) is 5.92 Å². The number of hydrogen-bond acceptors (Lipinski definition) is 1. The molecule has 1 unspecified atom stereocenters. The van der Waals surface area contributed by atoms with Gasteiger partial charge in [0.05, 0.1) is 0 Å². The first-order valence-corrected chi connectivity index (χ1v) is 9.90. The van der Waals surface area contributed by atoms with E-state index in [1.807, 2.05) is 0 Å². The van der Waals surface area contributed by atoms with Crippen molar-refractivity contribution in [1.82, 2.24) is 0 Å². The van der Waals surface area contributed by atoms with Crippen molar-refractivity contribution in [3.05, 3.63) is 23.8 Å². The van der Waals surface area contributed by atoms with Crippen molar-refractivity contribution in [1.29, 1.82) is 0 Å². The Morgan fingerprint density at radius 1 is 0.958 bits per heavy atom. The van der Waals surface area contributed by atoms with E-state index >= 15 is 0 Å². The maximum Gasteiger partial charge on any atom is 0.126 e. The van der Waals surface area contributed by atoms with Crippen LogP contribution in [0.2, 0.25) is 0 Å². The molecule has 1 saturated carbocycles. The van der Waals surface area contributed by atoms with Crippen molar-refractivity contribution in [2.45, 2.75) is 112 Å². The SMILES string of the molecule is C.C1CCCCC1.CC(C)=O.CCC1=C\CCCCCC(C)/C=C\1. The third-order valence-electron chi connectivity index (χ3n) is 4.32. The lowest BCUT2D eigenvalue weighted by Crippen LogP contribution is -1.92. The molecule has 1 nitrogen and oxygen atoms in total. The molecule has 0 N–H and O–H groups in total. The fourth-order valence-electron chi connectivity index (χ4n) is 2.85. The minimum atomic E-state index is 0. The second-order valence-electron chi connectivity index (χ2n) is 7.14. The van der Waals surface area contributed by atoms with E-state index in [4.69, 9.17) is 0 Å². The zero-order valence-electron chi connectivity index (χ0n) is 16.2. The average molecular weight is 337 g/mol. The standard InChI is InChI=1S/C13H22.C6H12.C3H6O.CH4/c1-3-13-9-7-5-4-6-8-12(2)10-11-13;1-2-4-6-5-3-1;1-3(2)4;/h9-12H,3-8H2,1-2H3;1-6H2;1-2H3;1H4/b11-10-,13-9+;;;. The van der Waals surface area contributed by atoms with E-state index in [2.05, 4.69) is 32.1 Å². The largest absolute Gasteiger partial charge is 0.300 e. The van der Waals surface area contributed by atoms with Crippen LogP contribution in [0.1, 0.15) is 112 Å². The number of allylic oxidation sites excluding steroid dienone is 4. The normalized spacial score (nSPS) is 24.3. The van der Waals surface area contributed by atoms with Gasteiger partial charge in [0, 0.05) is 0 Å². The molecule has 1 heteroatoms. The number of rotatable bonds is 1. The Labute approximate surface area is 153 Å². The van der Waals surface area contributed by atoms with Crippen LogP contribution in [-0.4, -0.2) is 5.78 Å². The Bertz CT molecular complexity index is 318. The van der Waals surface area contributed by atoms with Crippen LogP contribution in [0.15, 0.2) is 23.8 Å². The van der Waals surface area contributed by atoms with E-state index < -0.39 is 0 Å². The number of hydrogen-bond donors (Lipinski definition) is 0. The van der Waals surface area contributed by atoms with Crippen molar-refractivity contribution in [3.63, 3.8) is 0 Å². The smallest absolute Gasteiger partial charge is 0.126 e. The Kier molecular flexibility index (Phi) is 19.6. The minimum absolute atomic E-state index is 0. The molecule has 0 aromatic rings. The van der Waals surface area contributed by atoms with Gasteiger partial charge in [-0.25, -0.2) is 0 Å². The van der Waals surface area contributed by atoms with E-state index in [-0.39, 0.29) is 13.2 Å². The highest BCUT2D eigenvalue weighted by Gasteiger charge is 1.99. The topological polar surface area (TPSA) is 17.1 Å². The summed E-state index contributed by atoms with van der Waals surface area (Å²) in [5.41, 5.74) is 1.52. The van der Waals surface area contributed by atoms with Crippen LogP contribution in [0, 0.1) is 5.92 Å². The Hall–Kier alpha value is -0.850. The van der Waals surface area contributed by atoms with Crippen LogP contribution in [-0.2, 0) is 4.79 Å². The number of carbonyl (C=O) groups is 1. The van der Waals surface area contributed by atoms with Crippen molar-refractivity contribution < 1.29 is 4.79 Å². The molecule has 1 atom stereocenters. The quantitative estimate of drug-likeness (QED) is 0.473. The Morgan fingerprint density at radius 2 is 1.42 bits per heavy atom. The first-order valence-electron chi connectivity index (χ1n) is 9.90. The van der Waals surface area contributed by atoms with Crippen LogP contribution >= 0.6 is 0 Å². The molecule has 0 aromatic heterocycles. The number of Topliss-reactive ketones (excluding diaryl/α,β-unsaturated/α-hetero) is 1. The van der Waals surface area contributed by atoms with Gasteiger partial charge in [-0.05, 0) is 45.4 Å². The van der Waals surface area contributed by atoms with Crippen molar-refractivity contribution in [2.75, 3.05) is 0 Å². The van der Waals surface area contributed by atoms with Gasteiger partial charge in [0.1, 0.15) is 5.78 Å². The predicted molar refractivity (Wildman–Crippen MR) is 111 cm³/mol. The molecule has 0 radical (unpaired) electrons. The molecular formula is C23H44O. The van der Waals surface area contributed by atoms with Gasteiger partial charge in [-0.15, -0.1) is 0 Å². The van der Waals surface area contributed by atoms with E-state index in [1.165, 1.54) is 96.5 Å². The fourth-order valence-corrected chi connectivity index (χ4v) is 2.85. The van der Waals surface area contributed by atoms with Crippen molar-refractivity contribution >= 4 is 5.78 Å². The summed E-state index contributed by atoms with van der Waals surface area (Å²) < 4.78 is 0. The summed E-state index contributed by atoms with van der Waals surface area (Å²) in [6, 6.07) is 0. The lowest BCUT2D eigenvalue weighted by molar-refractivity contribution is -0.114. The summed E-state index contributed by atoms with van der Waals surface area (Å²) in [5, 5.41) is 0. The summed E-state index contributed by atoms with van der Waals surface area (Å²) in [5.74, 6) is 0.938. The lowest BCUT2D eigenvalue weighted by Gasteiger charge is -2.08. The summed E-state index contributed by atoms with van der Waals surface area (Å²) in [6.45, 7) is 7.62. The zero-order chi connectivity index (χ0) is 17.3. The maximum absolute atomic E-state index is 9.44. The number of ketones is 1. The van der Waals surface area contributed by atoms with Crippen LogP contribution in [0.25, 0.3) is 0 Å². The molecule has 0 bridgehead atoms. The highest BCUT2D eigenvalue weighted by Crippen LogP contribution is 2.17. The average Bonchev–Trinajstić information content (AvgIpc) is 2.55. The molecule has 0 heterocycles.